The Bertz CT molecular complexity index is 633. The van der Waals surface area contributed by atoms with Crippen molar-refractivity contribution in [1.29, 1.82) is 0 Å². The lowest BCUT2D eigenvalue weighted by atomic mass is 10.1. The second-order valence-corrected chi connectivity index (χ2v) is 6.91. The molecule has 3 rings (SSSR count). The lowest BCUT2D eigenvalue weighted by Crippen LogP contribution is -2.23. The molecule has 2 heterocycles. The molecule has 4 heteroatoms. The SMILES string of the molecule is CCCc1cc(C2CCCN2Cc2ccc(OC(C)C)cc2)no1. The van der Waals surface area contributed by atoms with Gasteiger partial charge in [-0.2, -0.15) is 0 Å². The quantitative estimate of drug-likeness (QED) is 0.735. The summed E-state index contributed by atoms with van der Waals surface area (Å²) < 4.78 is 11.2. The molecule has 0 aliphatic carbocycles. The van der Waals surface area contributed by atoms with E-state index in [1.165, 1.54) is 12.0 Å². The molecule has 0 amide bonds. The topological polar surface area (TPSA) is 38.5 Å². The molecule has 1 fully saturated rings. The zero-order valence-corrected chi connectivity index (χ0v) is 15.0. The predicted molar refractivity (Wildman–Crippen MR) is 95.1 cm³/mol. The van der Waals surface area contributed by atoms with E-state index >= 15 is 0 Å². The molecule has 0 bridgehead atoms. The first-order chi connectivity index (χ1) is 11.7. The molecule has 1 aliphatic heterocycles. The van der Waals surface area contributed by atoms with Crippen LogP contribution >= 0.6 is 0 Å². The number of aromatic nitrogens is 1. The monoisotopic (exact) mass is 328 g/mol. The molecule has 1 saturated heterocycles. The highest BCUT2D eigenvalue weighted by atomic mass is 16.5. The lowest BCUT2D eigenvalue weighted by Gasteiger charge is -2.22. The molecule has 1 aromatic heterocycles. The van der Waals surface area contributed by atoms with E-state index in [1.807, 2.05) is 13.8 Å². The van der Waals surface area contributed by atoms with Gasteiger partial charge in [0.25, 0.3) is 0 Å². The maximum Gasteiger partial charge on any atom is 0.137 e. The highest BCUT2D eigenvalue weighted by molar-refractivity contribution is 5.27. The van der Waals surface area contributed by atoms with Gasteiger partial charge in [-0.25, -0.2) is 0 Å². The first-order valence-corrected chi connectivity index (χ1v) is 9.11. The van der Waals surface area contributed by atoms with E-state index in [9.17, 15) is 0 Å². The smallest absolute Gasteiger partial charge is 0.137 e. The van der Waals surface area contributed by atoms with Crippen molar-refractivity contribution in [3.05, 3.63) is 47.3 Å². The van der Waals surface area contributed by atoms with Crippen molar-refractivity contribution in [3.8, 4) is 5.75 Å². The van der Waals surface area contributed by atoms with Crippen LogP contribution in [0.25, 0.3) is 0 Å². The summed E-state index contributed by atoms with van der Waals surface area (Å²) in [6.07, 6.45) is 4.65. The van der Waals surface area contributed by atoms with Gasteiger partial charge in [0.1, 0.15) is 17.2 Å². The van der Waals surface area contributed by atoms with Crippen LogP contribution in [0.2, 0.25) is 0 Å². The van der Waals surface area contributed by atoms with E-state index in [0.717, 1.165) is 49.6 Å². The first kappa shape index (κ1) is 17.0. The minimum Gasteiger partial charge on any atom is -0.491 e. The van der Waals surface area contributed by atoms with Crippen LogP contribution in [0.3, 0.4) is 0 Å². The van der Waals surface area contributed by atoms with Gasteiger partial charge >= 0.3 is 0 Å². The second kappa shape index (κ2) is 7.84. The Hall–Kier alpha value is -1.81. The molecule has 2 aromatic rings. The zero-order valence-electron chi connectivity index (χ0n) is 15.0. The molecule has 1 atom stereocenters. The summed E-state index contributed by atoms with van der Waals surface area (Å²) in [6.45, 7) is 8.32. The fourth-order valence-electron chi connectivity index (χ4n) is 3.38. The molecule has 1 unspecified atom stereocenters. The number of likely N-dealkylation sites (tertiary alicyclic amines) is 1. The van der Waals surface area contributed by atoms with E-state index in [1.54, 1.807) is 0 Å². The molecular weight excluding hydrogens is 300 g/mol. The normalized spacial score (nSPS) is 18.4. The van der Waals surface area contributed by atoms with Crippen LogP contribution in [-0.2, 0) is 13.0 Å². The second-order valence-electron chi connectivity index (χ2n) is 6.91. The van der Waals surface area contributed by atoms with Gasteiger partial charge in [0.2, 0.25) is 0 Å². The van der Waals surface area contributed by atoms with Crippen molar-refractivity contribution in [2.45, 2.75) is 65.1 Å². The Morgan fingerprint density at radius 3 is 2.79 bits per heavy atom. The Balaban J connectivity index is 1.64. The Labute approximate surface area is 144 Å². The summed E-state index contributed by atoms with van der Waals surface area (Å²) in [4.78, 5) is 2.51. The fourth-order valence-corrected chi connectivity index (χ4v) is 3.38. The summed E-state index contributed by atoms with van der Waals surface area (Å²) >= 11 is 0. The summed E-state index contributed by atoms with van der Waals surface area (Å²) in [5.41, 5.74) is 2.41. The predicted octanol–water partition coefficient (Wildman–Crippen LogP) is 4.75. The Morgan fingerprint density at radius 2 is 2.08 bits per heavy atom. The molecule has 1 aromatic carbocycles. The first-order valence-electron chi connectivity index (χ1n) is 9.11. The van der Waals surface area contributed by atoms with Crippen molar-refractivity contribution in [1.82, 2.24) is 10.1 Å². The highest BCUT2D eigenvalue weighted by Crippen LogP contribution is 2.33. The van der Waals surface area contributed by atoms with E-state index in [2.05, 4.69) is 47.3 Å². The van der Waals surface area contributed by atoms with Gasteiger partial charge in [0, 0.05) is 19.0 Å². The van der Waals surface area contributed by atoms with Gasteiger partial charge in [0.05, 0.1) is 12.1 Å². The molecule has 0 radical (unpaired) electrons. The number of hydrogen-bond acceptors (Lipinski definition) is 4. The van der Waals surface area contributed by atoms with Crippen LogP contribution in [0.15, 0.2) is 34.9 Å². The molecule has 4 nitrogen and oxygen atoms in total. The number of nitrogens with zero attached hydrogens (tertiary/aromatic N) is 2. The van der Waals surface area contributed by atoms with Gasteiger partial charge in [-0.05, 0) is 57.4 Å². The largest absolute Gasteiger partial charge is 0.491 e. The third kappa shape index (κ3) is 4.18. The average Bonchev–Trinajstić information content (AvgIpc) is 3.18. The van der Waals surface area contributed by atoms with Crippen molar-refractivity contribution in [2.75, 3.05) is 6.54 Å². The van der Waals surface area contributed by atoms with Crippen molar-refractivity contribution >= 4 is 0 Å². The van der Waals surface area contributed by atoms with Gasteiger partial charge in [0.15, 0.2) is 0 Å². The van der Waals surface area contributed by atoms with E-state index in [0.29, 0.717) is 6.04 Å². The summed E-state index contributed by atoms with van der Waals surface area (Å²) in [5, 5.41) is 4.32. The maximum atomic E-state index is 5.72. The van der Waals surface area contributed by atoms with Crippen molar-refractivity contribution in [3.63, 3.8) is 0 Å². The highest BCUT2D eigenvalue weighted by Gasteiger charge is 2.28. The van der Waals surface area contributed by atoms with Crippen LogP contribution in [0.4, 0.5) is 0 Å². The van der Waals surface area contributed by atoms with Crippen LogP contribution < -0.4 is 4.74 Å². The number of rotatable bonds is 7. The molecule has 1 aliphatic rings. The van der Waals surface area contributed by atoms with Crippen molar-refractivity contribution < 1.29 is 9.26 Å². The molecule has 0 N–H and O–H groups in total. The standard InChI is InChI=1S/C20H28N2O2/c1-4-6-18-13-19(21-24-18)20-7-5-12-22(20)14-16-8-10-17(11-9-16)23-15(2)3/h8-11,13,15,20H,4-7,12,14H2,1-3H3. The van der Waals surface area contributed by atoms with Crippen LogP contribution in [0.1, 0.15) is 63.1 Å². The summed E-state index contributed by atoms with van der Waals surface area (Å²) in [6, 6.07) is 11.0. The number of ether oxygens (including phenoxy) is 1. The third-order valence-corrected chi connectivity index (χ3v) is 4.46. The lowest BCUT2D eigenvalue weighted by molar-refractivity contribution is 0.234. The van der Waals surface area contributed by atoms with Crippen LogP contribution in [0.5, 0.6) is 5.75 Å². The fraction of sp³-hybridized carbons (Fsp3) is 0.550. The molecule has 0 saturated carbocycles. The molecular formula is C20H28N2O2. The van der Waals surface area contributed by atoms with Gasteiger partial charge in [-0.1, -0.05) is 24.2 Å². The minimum atomic E-state index is 0.211. The summed E-state index contributed by atoms with van der Waals surface area (Å²) in [7, 11) is 0. The number of benzene rings is 1. The molecule has 130 valence electrons. The third-order valence-electron chi connectivity index (χ3n) is 4.46. The van der Waals surface area contributed by atoms with Crippen LogP contribution in [0, 0.1) is 0 Å². The van der Waals surface area contributed by atoms with Gasteiger partial charge in [-0.15, -0.1) is 0 Å². The number of aryl methyl sites for hydroxylation is 1. The molecule has 24 heavy (non-hydrogen) atoms. The molecule has 0 spiro atoms. The van der Waals surface area contributed by atoms with Gasteiger partial charge in [-0.3, -0.25) is 4.90 Å². The zero-order chi connectivity index (χ0) is 16.9. The van der Waals surface area contributed by atoms with E-state index < -0.39 is 0 Å². The maximum absolute atomic E-state index is 5.72. The Kier molecular flexibility index (Phi) is 5.56. The van der Waals surface area contributed by atoms with E-state index in [-0.39, 0.29) is 6.10 Å². The minimum absolute atomic E-state index is 0.211. The average molecular weight is 328 g/mol. The number of hydrogen-bond donors (Lipinski definition) is 0. The van der Waals surface area contributed by atoms with Gasteiger partial charge < -0.3 is 9.26 Å². The summed E-state index contributed by atoms with van der Waals surface area (Å²) in [5.74, 6) is 1.95. The Morgan fingerprint density at radius 1 is 1.29 bits per heavy atom. The van der Waals surface area contributed by atoms with Crippen LogP contribution in [-0.4, -0.2) is 22.7 Å². The van der Waals surface area contributed by atoms with E-state index in [4.69, 9.17) is 9.26 Å². The van der Waals surface area contributed by atoms with Crippen molar-refractivity contribution in [2.24, 2.45) is 0 Å².